The minimum Gasteiger partial charge on any atom is -0.456 e. The largest absolute Gasteiger partial charge is 0.456 e. The van der Waals surface area contributed by atoms with Crippen LogP contribution in [0.5, 0.6) is 0 Å². The van der Waals surface area contributed by atoms with E-state index in [9.17, 15) is 2.74 Å². The normalized spacial score (nSPS) is 13.3. The minimum absolute atomic E-state index is 0.0551. The smallest absolute Gasteiger partial charge is 0.164 e. The monoisotopic (exact) mass is 736 g/mol. The Kier molecular flexibility index (Phi) is 5.64. The molecule has 0 radical (unpaired) electrons. The van der Waals surface area contributed by atoms with Gasteiger partial charge in [-0.15, -0.1) is 0 Å². The Hall–Kier alpha value is -7.83. The molecule has 0 aliphatic heterocycles. The first kappa shape index (κ1) is 26.1. The molecule has 0 amide bonds. The first-order chi connectivity index (χ1) is 30.7. The third-order valence-electron chi connectivity index (χ3n) is 10.6. The number of aromatic nitrogens is 4. The molecule has 4 heterocycles. The van der Waals surface area contributed by atoms with Crippen molar-refractivity contribution in [1.29, 1.82) is 0 Å². The maximum absolute atomic E-state index is 9.22. The second-order valence-electron chi connectivity index (χ2n) is 13.9. The Morgan fingerprint density at radius 1 is 0.404 bits per heavy atom. The number of benzene rings is 8. The van der Waals surface area contributed by atoms with Gasteiger partial charge >= 0.3 is 0 Å². The van der Waals surface area contributed by atoms with Gasteiger partial charge in [0.05, 0.1) is 24.9 Å². The Labute approximate surface area is 334 Å². The lowest BCUT2D eigenvalue weighted by molar-refractivity contribution is 0.669. The van der Waals surface area contributed by atoms with Gasteiger partial charge in [0.2, 0.25) is 0 Å². The number of para-hydroxylation sites is 5. The van der Waals surface area contributed by atoms with Gasteiger partial charge in [0.25, 0.3) is 0 Å². The van der Waals surface area contributed by atoms with E-state index in [4.69, 9.17) is 29.3 Å². The van der Waals surface area contributed by atoms with Crippen molar-refractivity contribution in [1.82, 2.24) is 19.5 Å². The molecule has 0 saturated heterocycles. The van der Waals surface area contributed by atoms with Crippen molar-refractivity contribution >= 4 is 65.7 Å². The molecule has 6 heteroatoms. The molecule has 0 fully saturated rings. The lowest BCUT2D eigenvalue weighted by Crippen LogP contribution is -2.02. The van der Waals surface area contributed by atoms with Crippen molar-refractivity contribution in [2.24, 2.45) is 0 Å². The van der Waals surface area contributed by atoms with E-state index in [2.05, 4.69) is 0 Å². The Morgan fingerprint density at radius 3 is 1.72 bits per heavy atom. The van der Waals surface area contributed by atoms with Crippen LogP contribution in [0.15, 0.2) is 191 Å². The SMILES string of the molecule is [2H]c1cc([2H])c2c(c1[2H])c1c([2H])c([2H])cc([2H])c1n2-c1ccc(-c2nc(-c3ccccc3)nc(-c3ccc4c(c3)oc3ccccc34)n2)cc1-c1cccc2c1oc1ccccc12. The molecular weight excluding hydrogens is 701 g/mol. The quantitative estimate of drug-likeness (QED) is 0.176. The van der Waals surface area contributed by atoms with Gasteiger partial charge in [0.1, 0.15) is 22.3 Å². The third-order valence-corrected chi connectivity index (χ3v) is 10.6. The Morgan fingerprint density at radius 2 is 0.982 bits per heavy atom. The summed E-state index contributed by atoms with van der Waals surface area (Å²) in [5.41, 5.74) is 7.33. The fraction of sp³-hybridized carbons (Fsp3) is 0. The first-order valence-electron chi connectivity index (χ1n) is 21.5. The highest BCUT2D eigenvalue weighted by atomic mass is 16.3. The van der Waals surface area contributed by atoms with Gasteiger partial charge in [0.15, 0.2) is 17.5 Å². The average molecular weight is 737 g/mol. The van der Waals surface area contributed by atoms with Crippen molar-refractivity contribution < 1.29 is 17.1 Å². The van der Waals surface area contributed by atoms with E-state index in [1.54, 1.807) is 4.57 Å². The predicted octanol–water partition coefficient (Wildman–Crippen LogP) is 13.4. The van der Waals surface area contributed by atoms with Crippen molar-refractivity contribution in [3.05, 3.63) is 182 Å². The molecule has 0 N–H and O–H groups in total. The van der Waals surface area contributed by atoms with Crippen LogP contribution in [-0.4, -0.2) is 19.5 Å². The van der Waals surface area contributed by atoms with E-state index in [1.165, 1.54) is 12.1 Å². The zero-order chi connectivity index (χ0) is 42.7. The summed E-state index contributed by atoms with van der Waals surface area (Å²) >= 11 is 0. The Balaban J connectivity index is 1.16. The second-order valence-corrected chi connectivity index (χ2v) is 13.9. The van der Waals surface area contributed by atoms with Gasteiger partial charge < -0.3 is 13.4 Å². The summed E-state index contributed by atoms with van der Waals surface area (Å²) < 4.78 is 68.3. The number of furan rings is 2. The average Bonchev–Trinajstić information content (AvgIpc) is 4.00. The topological polar surface area (TPSA) is 69.9 Å². The third kappa shape index (κ3) is 4.94. The van der Waals surface area contributed by atoms with Crippen LogP contribution < -0.4 is 0 Å². The molecule has 0 saturated carbocycles. The number of nitrogens with zero attached hydrogens (tertiary/aromatic N) is 4. The minimum atomic E-state index is -0.187. The van der Waals surface area contributed by atoms with Gasteiger partial charge in [-0.2, -0.15) is 0 Å². The summed E-state index contributed by atoms with van der Waals surface area (Å²) in [6, 6.07) is 44.8. The van der Waals surface area contributed by atoms with Crippen LogP contribution in [0.4, 0.5) is 0 Å². The van der Waals surface area contributed by atoms with Gasteiger partial charge in [-0.3, -0.25) is 0 Å². The van der Waals surface area contributed by atoms with Crippen LogP contribution in [0, 0.1) is 0 Å². The highest BCUT2D eigenvalue weighted by Gasteiger charge is 2.21. The molecule has 4 aromatic heterocycles. The van der Waals surface area contributed by atoms with Gasteiger partial charge in [0, 0.05) is 60.1 Å². The summed E-state index contributed by atoms with van der Waals surface area (Å²) in [5.74, 6) is 1.29. The van der Waals surface area contributed by atoms with Crippen molar-refractivity contribution in [2.45, 2.75) is 0 Å². The molecule has 12 aromatic rings. The zero-order valence-corrected chi connectivity index (χ0v) is 30.0. The van der Waals surface area contributed by atoms with E-state index in [-0.39, 0.29) is 58.1 Å². The van der Waals surface area contributed by atoms with Gasteiger partial charge in [-0.05, 0) is 54.5 Å². The van der Waals surface area contributed by atoms with E-state index in [1.807, 2.05) is 133 Å². The summed E-state index contributed by atoms with van der Waals surface area (Å²) in [7, 11) is 0. The predicted molar refractivity (Wildman–Crippen MR) is 230 cm³/mol. The van der Waals surface area contributed by atoms with E-state index in [0.29, 0.717) is 56.6 Å². The van der Waals surface area contributed by atoms with E-state index in [0.717, 1.165) is 38.3 Å². The van der Waals surface area contributed by atoms with Crippen LogP contribution in [0.2, 0.25) is 0 Å². The molecule has 0 spiro atoms. The number of rotatable bonds is 5. The van der Waals surface area contributed by atoms with Crippen molar-refractivity contribution in [3.63, 3.8) is 0 Å². The number of hydrogen-bond acceptors (Lipinski definition) is 5. The molecule has 57 heavy (non-hydrogen) atoms. The number of hydrogen-bond donors (Lipinski definition) is 0. The second kappa shape index (κ2) is 12.3. The lowest BCUT2D eigenvalue weighted by atomic mass is 9.98. The van der Waals surface area contributed by atoms with E-state index < -0.39 is 0 Å². The van der Waals surface area contributed by atoms with Crippen LogP contribution in [0.3, 0.4) is 0 Å². The van der Waals surface area contributed by atoms with Crippen molar-refractivity contribution in [2.75, 3.05) is 0 Å². The molecule has 12 rings (SSSR count). The highest BCUT2D eigenvalue weighted by molar-refractivity contribution is 6.12. The number of fused-ring (bicyclic) bond motifs is 9. The van der Waals surface area contributed by atoms with Crippen LogP contribution in [0.25, 0.3) is 117 Å². The van der Waals surface area contributed by atoms with E-state index >= 15 is 0 Å². The molecule has 0 aliphatic carbocycles. The van der Waals surface area contributed by atoms with Gasteiger partial charge in [-0.1, -0.05) is 127 Å². The zero-order valence-electron chi connectivity index (χ0n) is 36.0. The highest BCUT2D eigenvalue weighted by Crippen LogP contribution is 2.42. The maximum atomic E-state index is 9.22. The fourth-order valence-electron chi connectivity index (χ4n) is 8.02. The summed E-state index contributed by atoms with van der Waals surface area (Å²) in [6.45, 7) is 0. The summed E-state index contributed by atoms with van der Waals surface area (Å²) in [4.78, 5) is 15.2. The maximum Gasteiger partial charge on any atom is 0.164 e. The van der Waals surface area contributed by atoms with Crippen molar-refractivity contribution in [3.8, 4) is 51.0 Å². The molecule has 0 bridgehead atoms. The summed E-state index contributed by atoms with van der Waals surface area (Å²) in [5, 5.41) is 4.16. The lowest BCUT2D eigenvalue weighted by Gasteiger charge is -2.16. The molecule has 0 unspecified atom stereocenters. The van der Waals surface area contributed by atoms with Crippen LogP contribution in [0.1, 0.15) is 8.22 Å². The standard InChI is InChI=1S/C51H30N4O2/c1-2-13-31(14-3-1)49-52-50(54-51(53-49)33-25-27-38-36-17-6-10-23-45(36)56-47(38)30-33)32-26-28-44(55-42-21-8-4-15-34(42)35-16-5-9-22-43(35)55)41(29-32)40-20-12-19-39-37-18-7-11-24-46(37)57-48(39)40/h1-30H/i4D,5D,15D,16D,21D,22D. The fourth-order valence-corrected chi connectivity index (χ4v) is 8.02. The molecular formula is C51H30N4O2. The molecule has 266 valence electrons. The summed E-state index contributed by atoms with van der Waals surface area (Å²) in [6.07, 6.45) is 0. The molecule has 6 nitrogen and oxygen atoms in total. The molecule has 8 aromatic carbocycles. The molecule has 0 aliphatic rings. The first-order valence-corrected chi connectivity index (χ1v) is 18.5. The van der Waals surface area contributed by atoms with Gasteiger partial charge in [-0.25, -0.2) is 15.0 Å². The van der Waals surface area contributed by atoms with Crippen LogP contribution in [-0.2, 0) is 0 Å². The Bertz CT molecular complexity index is 3820. The van der Waals surface area contributed by atoms with Crippen LogP contribution >= 0.6 is 0 Å². The molecule has 0 atom stereocenters.